The highest BCUT2D eigenvalue weighted by Crippen LogP contribution is 2.48. The van der Waals surface area contributed by atoms with Crippen LogP contribution in [-0.4, -0.2) is 38.3 Å². The van der Waals surface area contributed by atoms with Crippen molar-refractivity contribution in [3.63, 3.8) is 0 Å². The molecule has 4 heteroatoms. The van der Waals surface area contributed by atoms with Gasteiger partial charge in [-0.2, -0.15) is 0 Å². The first-order chi connectivity index (χ1) is 9.18. The van der Waals surface area contributed by atoms with Crippen LogP contribution in [0.2, 0.25) is 0 Å². The molecule has 1 aliphatic carbocycles. The Labute approximate surface area is 117 Å². The second kappa shape index (κ2) is 7.40. The highest BCUT2D eigenvalue weighted by atomic mass is 16.5. The summed E-state index contributed by atoms with van der Waals surface area (Å²) in [5.74, 6) is 3.34. The lowest BCUT2D eigenvalue weighted by Crippen LogP contribution is -2.65. The van der Waals surface area contributed by atoms with Crippen LogP contribution in [0.15, 0.2) is 4.99 Å². The highest BCUT2D eigenvalue weighted by Gasteiger charge is 2.53. The van der Waals surface area contributed by atoms with Gasteiger partial charge in [-0.25, -0.2) is 0 Å². The molecule has 2 unspecified atom stereocenters. The predicted molar refractivity (Wildman–Crippen MR) is 80.2 cm³/mol. The molecule has 1 saturated carbocycles. The first-order valence-corrected chi connectivity index (χ1v) is 7.20. The molecule has 1 rings (SSSR count). The fourth-order valence-corrected chi connectivity index (χ4v) is 3.08. The molecule has 4 nitrogen and oxygen atoms in total. The standard InChI is InChI=1S/C15H27N3O/c1-6-10-17-14(16-5)18-12-11-13(19-9-4)15(12,7-2)8-3/h1,12-13H,7-11H2,2-5H3,(H2,16,17,18). The van der Waals surface area contributed by atoms with Crippen molar-refractivity contribution in [1.29, 1.82) is 0 Å². The zero-order chi connectivity index (χ0) is 14.3. The van der Waals surface area contributed by atoms with Crippen LogP contribution in [0.5, 0.6) is 0 Å². The molecule has 108 valence electrons. The molecular weight excluding hydrogens is 238 g/mol. The topological polar surface area (TPSA) is 45.7 Å². The summed E-state index contributed by atoms with van der Waals surface area (Å²) >= 11 is 0. The van der Waals surface area contributed by atoms with Crippen molar-refractivity contribution in [2.45, 2.75) is 52.2 Å². The third-order valence-electron chi connectivity index (χ3n) is 4.36. The molecule has 2 atom stereocenters. The van der Waals surface area contributed by atoms with Crippen LogP contribution in [0.1, 0.15) is 40.0 Å². The van der Waals surface area contributed by atoms with Crippen molar-refractivity contribution in [3.05, 3.63) is 0 Å². The summed E-state index contributed by atoms with van der Waals surface area (Å²) in [6, 6.07) is 0.406. The fourth-order valence-electron chi connectivity index (χ4n) is 3.08. The summed E-state index contributed by atoms with van der Waals surface area (Å²) < 4.78 is 5.87. The number of nitrogens with one attached hydrogen (secondary N) is 2. The van der Waals surface area contributed by atoms with Crippen molar-refractivity contribution in [2.24, 2.45) is 10.4 Å². The van der Waals surface area contributed by atoms with E-state index >= 15 is 0 Å². The van der Waals surface area contributed by atoms with Gasteiger partial charge < -0.3 is 15.4 Å². The summed E-state index contributed by atoms with van der Waals surface area (Å²) in [5, 5.41) is 6.60. The molecular formula is C15H27N3O. The third kappa shape index (κ3) is 3.22. The van der Waals surface area contributed by atoms with E-state index < -0.39 is 0 Å². The van der Waals surface area contributed by atoms with Crippen LogP contribution in [0.25, 0.3) is 0 Å². The Morgan fingerprint density at radius 1 is 1.42 bits per heavy atom. The van der Waals surface area contributed by atoms with E-state index in [2.05, 4.69) is 42.3 Å². The maximum absolute atomic E-state index is 5.87. The molecule has 0 saturated heterocycles. The number of ether oxygens (including phenoxy) is 1. The second-order valence-electron chi connectivity index (χ2n) is 4.95. The number of hydrogen-bond donors (Lipinski definition) is 2. The van der Waals surface area contributed by atoms with E-state index in [9.17, 15) is 0 Å². The van der Waals surface area contributed by atoms with Crippen LogP contribution < -0.4 is 10.6 Å². The molecule has 0 aliphatic heterocycles. The second-order valence-corrected chi connectivity index (χ2v) is 4.95. The summed E-state index contributed by atoms with van der Waals surface area (Å²) in [6.07, 6.45) is 8.87. The van der Waals surface area contributed by atoms with Gasteiger partial charge in [0.1, 0.15) is 0 Å². The average molecular weight is 265 g/mol. The molecule has 0 heterocycles. The quantitative estimate of drug-likeness (QED) is 0.437. The van der Waals surface area contributed by atoms with Crippen molar-refractivity contribution in [2.75, 3.05) is 20.2 Å². The van der Waals surface area contributed by atoms with E-state index in [1.165, 1.54) is 0 Å². The van der Waals surface area contributed by atoms with E-state index in [1.807, 2.05) is 0 Å². The van der Waals surface area contributed by atoms with Gasteiger partial charge in [0.05, 0.1) is 12.6 Å². The van der Waals surface area contributed by atoms with E-state index in [-0.39, 0.29) is 5.41 Å². The van der Waals surface area contributed by atoms with Gasteiger partial charge in [-0.3, -0.25) is 4.99 Å². The summed E-state index contributed by atoms with van der Waals surface area (Å²) in [7, 11) is 1.77. The van der Waals surface area contributed by atoms with Crippen LogP contribution >= 0.6 is 0 Å². The minimum Gasteiger partial charge on any atom is -0.378 e. The van der Waals surface area contributed by atoms with E-state index in [1.54, 1.807) is 7.05 Å². The molecule has 0 amide bonds. The Morgan fingerprint density at radius 2 is 2.11 bits per heavy atom. The molecule has 0 radical (unpaired) electrons. The minimum atomic E-state index is 0.212. The molecule has 0 aromatic carbocycles. The Hall–Kier alpha value is -1.21. The van der Waals surface area contributed by atoms with Gasteiger partial charge in [-0.15, -0.1) is 6.42 Å². The normalized spacial score (nSPS) is 25.3. The van der Waals surface area contributed by atoms with E-state index in [0.717, 1.165) is 31.8 Å². The van der Waals surface area contributed by atoms with Gasteiger partial charge in [0, 0.05) is 25.1 Å². The number of hydrogen-bond acceptors (Lipinski definition) is 2. The van der Waals surface area contributed by atoms with Gasteiger partial charge in [0.15, 0.2) is 5.96 Å². The molecule has 0 bridgehead atoms. The smallest absolute Gasteiger partial charge is 0.191 e. The number of nitrogens with zero attached hydrogens (tertiary/aromatic N) is 1. The predicted octanol–water partition coefficient (Wildman–Crippen LogP) is 1.77. The number of terminal acetylenes is 1. The number of rotatable bonds is 6. The Balaban J connectivity index is 2.66. The maximum Gasteiger partial charge on any atom is 0.191 e. The van der Waals surface area contributed by atoms with Gasteiger partial charge in [0.2, 0.25) is 0 Å². The van der Waals surface area contributed by atoms with Crippen LogP contribution in [-0.2, 0) is 4.74 Å². The third-order valence-corrected chi connectivity index (χ3v) is 4.36. The van der Waals surface area contributed by atoms with Crippen LogP contribution in [0, 0.1) is 17.8 Å². The highest BCUT2D eigenvalue weighted by molar-refractivity contribution is 5.80. The van der Waals surface area contributed by atoms with Gasteiger partial charge >= 0.3 is 0 Å². The van der Waals surface area contributed by atoms with Crippen molar-refractivity contribution >= 4 is 5.96 Å². The van der Waals surface area contributed by atoms with Crippen LogP contribution in [0.3, 0.4) is 0 Å². The largest absolute Gasteiger partial charge is 0.378 e. The SMILES string of the molecule is C#CCNC(=NC)NC1CC(OCC)C1(CC)CC. The minimum absolute atomic E-state index is 0.212. The van der Waals surface area contributed by atoms with Gasteiger partial charge in [-0.05, 0) is 26.2 Å². The average Bonchev–Trinajstić information content (AvgIpc) is 2.42. The number of aliphatic imine (C=N–C) groups is 1. The van der Waals surface area contributed by atoms with Crippen molar-refractivity contribution in [1.82, 2.24) is 10.6 Å². The molecule has 2 N–H and O–H groups in total. The van der Waals surface area contributed by atoms with Crippen molar-refractivity contribution in [3.8, 4) is 12.3 Å². The molecule has 1 aliphatic rings. The zero-order valence-corrected chi connectivity index (χ0v) is 12.6. The van der Waals surface area contributed by atoms with Gasteiger partial charge in [0.25, 0.3) is 0 Å². The lowest BCUT2D eigenvalue weighted by molar-refractivity contribution is -0.133. The summed E-state index contributed by atoms with van der Waals surface area (Å²) in [6.45, 7) is 7.81. The molecule has 0 aromatic rings. The Bertz CT molecular complexity index is 342. The Morgan fingerprint density at radius 3 is 2.58 bits per heavy atom. The maximum atomic E-state index is 5.87. The van der Waals surface area contributed by atoms with E-state index in [4.69, 9.17) is 11.2 Å². The van der Waals surface area contributed by atoms with E-state index in [0.29, 0.717) is 18.7 Å². The Kier molecular flexibility index (Phi) is 6.17. The first kappa shape index (κ1) is 15.8. The van der Waals surface area contributed by atoms with Gasteiger partial charge in [-0.1, -0.05) is 19.8 Å². The zero-order valence-electron chi connectivity index (χ0n) is 12.6. The lowest BCUT2D eigenvalue weighted by Gasteiger charge is -2.55. The number of guanidine groups is 1. The molecule has 0 aromatic heterocycles. The van der Waals surface area contributed by atoms with Crippen molar-refractivity contribution < 1.29 is 4.74 Å². The van der Waals surface area contributed by atoms with Crippen LogP contribution in [0.4, 0.5) is 0 Å². The summed E-state index contributed by atoms with van der Waals surface area (Å²) in [5.41, 5.74) is 0.212. The lowest BCUT2D eigenvalue weighted by atomic mass is 9.58. The summed E-state index contributed by atoms with van der Waals surface area (Å²) in [4.78, 5) is 4.21. The monoisotopic (exact) mass is 265 g/mol. The molecule has 19 heavy (non-hydrogen) atoms. The first-order valence-electron chi connectivity index (χ1n) is 7.20. The fraction of sp³-hybridized carbons (Fsp3) is 0.800. The molecule has 1 fully saturated rings. The molecule has 0 spiro atoms.